The second-order valence-electron chi connectivity index (χ2n) is 7.06. The van der Waals surface area contributed by atoms with Crippen molar-refractivity contribution in [2.75, 3.05) is 4.90 Å². The van der Waals surface area contributed by atoms with Gasteiger partial charge < -0.3 is 10.6 Å². The van der Waals surface area contributed by atoms with Crippen LogP contribution in [0.3, 0.4) is 0 Å². The van der Waals surface area contributed by atoms with Crippen molar-refractivity contribution < 1.29 is 9.59 Å². The standard InChI is InChI=1S/C25H26N2O2/c1-2-3-9-24(28)27(23-7-5-4-6-8-23)18-19-10-12-20(13-11-19)21-14-16-22(17-15-21)25(26)29/h4-8,10-17H,2-3,9,18H2,1H3,(H2,26,29). The molecule has 29 heavy (non-hydrogen) atoms. The predicted octanol–water partition coefficient (Wildman–Crippen LogP) is 5.18. The predicted molar refractivity (Wildman–Crippen MR) is 118 cm³/mol. The van der Waals surface area contributed by atoms with Gasteiger partial charge in [0.1, 0.15) is 0 Å². The smallest absolute Gasteiger partial charge is 0.248 e. The number of anilines is 1. The lowest BCUT2D eigenvalue weighted by Gasteiger charge is -2.23. The number of carbonyl (C=O) groups is 2. The number of hydrogen-bond acceptors (Lipinski definition) is 2. The Morgan fingerprint density at radius 2 is 1.41 bits per heavy atom. The van der Waals surface area contributed by atoms with Crippen molar-refractivity contribution in [3.05, 3.63) is 90.0 Å². The molecule has 3 rings (SSSR count). The summed E-state index contributed by atoms with van der Waals surface area (Å²) in [5.41, 5.74) is 9.84. The van der Waals surface area contributed by atoms with Crippen molar-refractivity contribution in [2.45, 2.75) is 32.7 Å². The topological polar surface area (TPSA) is 63.4 Å². The number of nitrogens with two attached hydrogens (primary N) is 1. The largest absolute Gasteiger partial charge is 0.366 e. The van der Waals surface area contributed by atoms with Crippen LogP contribution in [0, 0.1) is 0 Å². The maximum atomic E-state index is 12.8. The summed E-state index contributed by atoms with van der Waals surface area (Å²) in [6.45, 7) is 2.63. The molecule has 0 bridgehead atoms. The van der Waals surface area contributed by atoms with E-state index in [0.29, 0.717) is 18.5 Å². The van der Waals surface area contributed by atoms with Gasteiger partial charge in [-0.05, 0) is 47.4 Å². The molecule has 2 amide bonds. The summed E-state index contributed by atoms with van der Waals surface area (Å²) >= 11 is 0. The van der Waals surface area contributed by atoms with Gasteiger partial charge in [0.05, 0.1) is 6.54 Å². The van der Waals surface area contributed by atoms with Crippen LogP contribution >= 0.6 is 0 Å². The van der Waals surface area contributed by atoms with Gasteiger partial charge in [-0.15, -0.1) is 0 Å². The van der Waals surface area contributed by atoms with Gasteiger partial charge in [-0.2, -0.15) is 0 Å². The first-order valence-corrected chi connectivity index (χ1v) is 9.93. The molecule has 0 radical (unpaired) electrons. The Morgan fingerprint density at radius 1 is 0.828 bits per heavy atom. The summed E-state index contributed by atoms with van der Waals surface area (Å²) in [6.07, 6.45) is 2.44. The van der Waals surface area contributed by atoms with Crippen LogP contribution in [0.5, 0.6) is 0 Å². The molecule has 0 saturated carbocycles. The zero-order valence-corrected chi connectivity index (χ0v) is 16.7. The SMILES string of the molecule is CCCCC(=O)N(Cc1ccc(-c2ccc(C(N)=O)cc2)cc1)c1ccccc1. The minimum atomic E-state index is -0.430. The highest BCUT2D eigenvalue weighted by atomic mass is 16.2. The first kappa shape index (κ1) is 20.3. The van der Waals surface area contributed by atoms with Gasteiger partial charge in [0.2, 0.25) is 11.8 Å². The minimum absolute atomic E-state index is 0.143. The molecule has 0 aliphatic carbocycles. The highest BCUT2D eigenvalue weighted by Crippen LogP contribution is 2.23. The fourth-order valence-electron chi connectivity index (χ4n) is 3.21. The van der Waals surface area contributed by atoms with E-state index in [1.165, 1.54) is 0 Å². The van der Waals surface area contributed by atoms with Crippen molar-refractivity contribution >= 4 is 17.5 Å². The Hall–Kier alpha value is -3.40. The van der Waals surface area contributed by atoms with Crippen LogP contribution in [0.4, 0.5) is 5.69 Å². The average molecular weight is 386 g/mol. The van der Waals surface area contributed by atoms with Crippen LogP contribution in [-0.4, -0.2) is 11.8 Å². The summed E-state index contributed by atoms with van der Waals surface area (Å²) in [5.74, 6) is -0.287. The van der Waals surface area contributed by atoms with Gasteiger partial charge in [0, 0.05) is 17.7 Å². The van der Waals surface area contributed by atoms with Crippen LogP contribution in [0.25, 0.3) is 11.1 Å². The third-order valence-corrected chi connectivity index (χ3v) is 4.91. The Kier molecular flexibility index (Phi) is 6.80. The third-order valence-electron chi connectivity index (χ3n) is 4.91. The summed E-state index contributed by atoms with van der Waals surface area (Å²) in [4.78, 5) is 25.8. The van der Waals surface area contributed by atoms with E-state index in [1.807, 2.05) is 71.6 Å². The van der Waals surface area contributed by atoms with Crippen molar-refractivity contribution in [2.24, 2.45) is 5.73 Å². The molecule has 0 unspecified atom stereocenters. The fraction of sp³-hybridized carbons (Fsp3) is 0.200. The molecule has 4 heteroatoms. The monoisotopic (exact) mass is 386 g/mol. The number of hydrogen-bond donors (Lipinski definition) is 1. The molecule has 3 aromatic rings. The molecule has 2 N–H and O–H groups in total. The molecule has 0 saturated heterocycles. The average Bonchev–Trinajstić information content (AvgIpc) is 2.77. The lowest BCUT2D eigenvalue weighted by atomic mass is 10.0. The van der Waals surface area contributed by atoms with Gasteiger partial charge in [0.25, 0.3) is 0 Å². The van der Waals surface area contributed by atoms with E-state index in [-0.39, 0.29) is 5.91 Å². The Morgan fingerprint density at radius 3 is 1.97 bits per heavy atom. The second-order valence-corrected chi connectivity index (χ2v) is 7.06. The third kappa shape index (κ3) is 5.32. The Balaban J connectivity index is 1.78. The second kappa shape index (κ2) is 9.69. The molecule has 0 aliphatic heterocycles. The van der Waals surface area contributed by atoms with Crippen molar-refractivity contribution in [1.29, 1.82) is 0 Å². The lowest BCUT2D eigenvalue weighted by Crippen LogP contribution is -2.30. The van der Waals surface area contributed by atoms with Crippen LogP contribution < -0.4 is 10.6 Å². The molecular weight excluding hydrogens is 360 g/mol. The summed E-state index contributed by atoms with van der Waals surface area (Å²) < 4.78 is 0. The molecular formula is C25H26N2O2. The number of para-hydroxylation sites is 1. The number of unbranched alkanes of at least 4 members (excludes halogenated alkanes) is 1. The quantitative estimate of drug-likeness (QED) is 0.580. The summed E-state index contributed by atoms with van der Waals surface area (Å²) in [6, 6.07) is 25.2. The Bertz CT molecular complexity index is 948. The number of primary amides is 1. The summed E-state index contributed by atoms with van der Waals surface area (Å²) in [7, 11) is 0. The van der Waals surface area contributed by atoms with E-state index in [4.69, 9.17) is 5.73 Å². The molecule has 148 valence electrons. The van der Waals surface area contributed by atoms with Gasteiger partial charge in [-0.25, -0.2) is 0 Å². The van der Waals surface area contributed by atoms with Crippen molar-refractivity contribution in [3.8, 4) is 11.1 Å². The molecule has 4 nitrogen and oxygen atoms in total. The zero-order chi connectivity index (χ0) is 20.6. The highest BCUT2D eigenvalue weighted by Gasteiger charge is 2.15. The normalized spacial score (nSPS) is 10.5. The van der Waals surface area contributed by atoms with E-state index in [9.17, 15) is 9.59 Å². The zero-order valence-electron chi connectivity index (χ0n) is 16.7. The first-order valence-electron chi connectivity index (χ1n) is 9.93. The number of carbonyl (C=O) groups excluding carboxylic acids is 2. The minimum Gasteiger partial charge on any atom is -0.366 e. The number of amides is 2. The maximum absolute atomic E-state index is 12.8. The maximum Gasteiger partial charge on any atom is 0.248 e. The number of nitrogens with zero attached hydrogens (tertiary/aromatic N) is 1. The van der Waals surface area contributed by atoms with E-state index < -0.39 is 5.91 Å². The fourth-order valence-corrected chi connectivity index (χ4v) is 3.21. The molecule has 0 atom stereocenters. The van der Waals surface area contributed by atoms with Gasteiger partial charge in [-0.1, -0.05) is 67.9 Å². The van der Waals surface area contributed by atoms with Crippen LogP contribution in [0.15, 0.2) is 78.9 Å². The van der Waals surface area contributed by atoms with Crippen molar-refractivity contribution in [3.63, 3.8) is 0 Å². The lowest BCUT2D eigenvalue weighted by molar-refractivity contribution is -0.118. The summed E-state index contributed by atoms with van der Waals surface area (Å²) in [5, 5.41) is 0. The van der Waals surface area contributed by atoms with E-state index in [2.05, 4.69) is 6.92 Å². The van der Waals surface area contributed by atoms with E-state index in [0.717, 1.165) is 35.2 Å². The number of rotatable bonds is 8. The van der Waals surface area contributed by atoms with E-state index >= 15 is 0 Å². The van der Waals surface area contributed by atoms with Crippen LogP contribution in [0.2, 0.25) is 0 Å². The van der Waals surface area contributed by atoms with Crippen molar-refractivity contribution in [1.82, 2.24) is 0 Å². The highest BCUT2D eigenvalue weighted by molar-refractivity contribution is 5.94. The van der Waals surface area contributed by atoms with Gasteiger partial charge in [-0.3, -0.25) is 9.59 Å². The van der Waals surface area contributed by atoms with Gasteiger partial charge >= 0.3 is 0 Å². The van der Waals surface area contributed by atoms with Crippen LogP contribution in [-0.2, 0) is 11.3 Å². The Labute approximate surface area is 172 Å². The molecule has 0 fully saturated rings. The van der Waals surface area contributed by atoms with E-state index in [1.54, 1.807) is 12.1 Å². The van der Waals surface area contributed by atoms with Gasteiger partial charge in [0.15, 0.2) is 0 Å². The number of benzene rings is 3. The first-order chi connectivity index (χ1) is 14.1. The molecule has 0 heterocycles. The molecule has 0 spiro atoms. The molecule has 3 aromatic carbocycles. The molecule has 0 aliphatic rings. The van der Waals surface area contributed by atoms with Crippen LogP contribution in [0.1, 0.15) is 42.1 Å². The molecule has 0 aromatic heterocycles.